The topological polar surface area (TPSA) is 40.5 Å². The zero-order valence-electron chi connectivity index (χ0n) is 28.7. The van der Waals surface area contributed by atoms with E-state index in [2.05, 4.69) is 141 Å². The first-order valence-corrected chi connectivity index (χ1v) is 18.1. The van der Waals surface area contributed by atoms with Crippen molar-refractivity contribution in [1.82, 2.24) is 9.13 Å². The van der Waals surface area contributed by atoms with Gasteiger partial charge in [-0.05, 0) is 65.7 Å². The molecule has 250 valence electrons. The minimum absolute atomic E-state index is 0.582. The maximum atomic E-state index is 8.34. The molecule has 0 aliphatic carbocycles. The number of furan rings is 2. The molecule has 0 amide bonds. The van der Waals surface area contributed by atoms with Gasteiger partial charge in [0.25, 0.3) is 0 Å². The van der Waals surface area contributed by atoms with Crippen LogP contribution in [-0.4, -0.2) is 9.13 Å². The van der Waals surface area contributed by atoms with Crippen molar-refractivity contribution in [3.05, 3.63) is 175 Å². The van der Waals surface area contributed by atoms with Gasteiger partial charge in [-0.15, -0.1) is 0 Å². The molecule has 0 N–H and O–H groups in total. The lowest BCUT2D eigenvalue weighted by Gasteiger charge is -2.17. The van der Waals surface area contributed by atoms with Crippen molar-refractivity contribution in [2.75, 3.05) is 0 Å². The number of nitrogens with zero attached hydrogens (tertiary/aromatic N) is 3. The van der Waals surface area contributed by atoms with Gasteiger partial charge in [0.1, 0.15) is 16.7 Å². The molecule has 12 aromatic rings. The standard InChI is InChI=1S/C49H27N3O2/c1-50-39-16-10-15-31(46(39)52-41-18-7-3-14-38(41)45-42(52)28-27-36-33-12-4-8-19-43(33)53-48(36)45)29-21-23-30(24-22-29)51-40-17-6-2-11-32(40)35-25-26-37-34-13-5-9-20-44(34)54-49(37)47(35)51/h2-28H. The van der Waals surface area contributed by atoms with Crippen molar-refractivity contribution in [1.29, 1.82) is 0 Å². The molecule has 0 aliphatic rings. The molecule has 0 saturated heterocycles. The molecule has 8 aromatic carbocycles. The van der Waals surface area contributed by atoms with Gasteiger partial charge in [-0.3, -0.25) is 0 Å². The van der Waals surface area contributed by atoms with Gasteiger partial charge in [-0.25, -0.2) is 4.85 Å². The minimum atomic E-state index is 0.582. The van der Waals surface area contributed by atoms with Gasteiger partial charge >= 0.3 is 0 Å². The fraction of sp³-hybridized carbons (Fsp3) is 0. The number of hydrogen-bond donors (Lipinski definition) is 0. The number of fused-ring (bicyclic) bond motifs is 14. The highest BCUT2D eigenvalue weighted by Crippen LogP contribution is 2.45. The van der Waals surface area contributed by atoms with Crippen LogP contribution in [0.25, 0.3) is 115 Å². The van der Waals surface area contributed by atoms with Crippen LogP contribution in [-0.2, 0) is 0 Å². The van der Waals surface area contributed by atoms with Crippen LogP contribution in [0.5, 0.6) is 0 Å². The summed E-state index contributed by atoms with van der Waals surface area (Å²) in [6.45, 7) is 8.34. The van der Waals surface area contributed by atoms with Gasteiger partial charge in [-0.2, -0.15) is 0 Å². The Morgan fingerprint density at radius 3 is 1.76 bits per heavy atom. The predicted octanol–water partition coefficient (Wildman–Crippen LogP) is 13.9. The van der Waals surface area contributed by atoms with Crippen LogP contribution < -0.4 is 0 Å². The van der Waals surface area contributed by atoms with E-state index in [4.69, 9.17) is 15.4 Å². The highest BCUT2D eigenvalue weighted by molar-refractivity contribution is 6.24. The van der Waals surface area contributed by atoms with Crippen molar-refractivity contribution in [2.45, 2.75) is 0 Å². The van der Waals surface area contributed by atoms with Gasteiger partial charge in [0, 0.05) is 43.4 Å². The Hall–Kier alpha value is -7.55. The van der Waals surface area contributed by atoms with Crippen LogP contribution in [0.4, 0.5) is 5.69 Å². The van der Waals surface area contributed by atoms with Crippen LogP contribution >= 0.6 is 0 Å². The van der Waals surface area contributed by atoms with E-state index in [-0.39, 0.29) is 0 Å². The lowest BCUT2D eigenvalue weighted by atomic mass is 10.0. The van der Waals surface area contributed by atoms with E-state index >= 15 is 0 Å². The van der Waals surface area contributed by atoms with E-state index < -0.39 is 0 Å². The summed E-state index contributed by atoms with van der Waals surface area (Å²) in [4.78, 5) is 4.09. The molecule has 54 heavy (non-hydrogen) atoms. The fourth-order valence-corrected chi connectivity index (χ4v) is 8.85. The fourth-order valence-electron chi connectivity index (χ4n) is 8.85. The predicted molar refractivity (Wildman–Crippen MR) is 221 cm³/mol. The maximum Gasteiger partial charge on any atom is 0.211 e. The summed E-state index contributed by atoms with van der Waals surface area (Å²) in [6, 6.07) is 56.9. The molecule has 0 atom stereocenters. The molecule has 0 fully saturated rings. The third-order valence-corrected chi connectivity index (χ3v) is 11.2. The molecular weight excluding hydrogens is 663 g/mol. The van der Waals surface area contributed by atoms with E-state index in [0.717, 1.165) is 105 Å². The Morgan fingerprint density at radius 1 is 0.426 bits per heavy atom. The Labute approximate surface area is 307 Å². The maximum absolute atomic E-state index is 8.34. The number of hydrogen-bond acceptors (Lipinski definition) is 2. The van der Waals surface area contributed by atoms with Gasteiger partial charge in [-0.1, -0.05) is 109 Å². The molecule has 4 aromatic heterocycles. The molecule has 0 aliphatic heterocycles. The van der Waals surface area contributed by atoms with Crippen LogP contribution in [0.15, 0.2) is 173 Å². The zero-order chi connectivity index (χ0) is 35.5. The summed E-state index contributed by atoms with van der Waals surface area (Å²) in [5, 5.41) is 8.85. The van der Waals surface area contributed by atoms with Gasteiger partial charge in [0.15, 0.2) is 5.58 Å². The first-order chi connectivity index (χ1) is 26.8. The second-order valence-corrected chi connectivity index (χ2v) is 13.9. The monoisotopic (exact) mass is 689 g/mol. The highest BCUT2D eigenvalue weighted by atomic mass is 16.3. The molecule has 0 unspecified atom stereocenters. The van der Waals surface area contributed by atoms with E-state index in [9.17, 15) is 0 Å². The van der Waals surface area contributed by atoms with Gasteiger partial charge < -0.3 is 18.0 Å². The number of rotatable bonds is 3. The zero-order valence-corrected chi connectivity index (χ0v) is 28.7. The van der Waals surface area contributed by atoms with Crippen molar-refractivity contribution in [3.8, 4) is 22.5 Å². The largest absolute Gasteiger partial charge is 0.455 e. The number of para-hydroxylation sites is 5. The molecule has 0 bridgehead atoms. The first-order valence-electron chi connectivity index (χ1n) is 18.1. The van der Waals surface area contributed by atoms with Crippen LogP contribution in [0.1, 0.15) is 0 Å². The SMILES string of the molecule is [C-]#[N+]c1cccc(-c2ccc(-n3c4ccccc4c4ccc5c6ccccc6oc5c43)cc2)c1-n1c2ccccc2c2c3oc4ccccc4c3ccc21. The number of aromatic nitrogens is 2. The second-order valence-electron chi connectivity index (χ2n) is 13.9. The lowest BCUT2D eigenvalue weighted by molar-refractivity contribution is 0.671. The van der Waals surface area contributed by atoms with Crippen molar-refractivity contribution in [2.24, 2.45) is 0 Å². The van der Waals surface area contributed by atoms with E-state index in [1.807, 2.05) is 36.4 Å². The Balaban J connectivity index is 1.10. The third-order valence-electron chi connectivity index (χ3n) is 11.2. The first kappa shape index (κ1) is 29.1. The quantitative estimate of drug-likeness (QED) is 0.173. The Kier molecular flexibility index (Phi) is 5.78. The van der Waals surface area contributed by atoms with Gasteiger partial charge in [0.05, 0.1) is 39.7 Å². The highest BCUT2D eigenvalue weighted by Gasteiger charge is 2.23. The van der Waals surface area contributed by atoms with Crippen LogP contribution in [0.3, 0.4) is 0 Å². The summed E-state index contributed by atoms with van der Waals surface area (Å²) >= 11 is 0. The summed E-state index contributed by atoms with van der Waals surface area (Å²) in [6.07, 6.45) is 0. The third kappa shape index (κ3) is 3.81. The average molecular weight is 690 g/mol. The molecule has 12 rings (SSSR count). The molecule has 0 saturated carbocycles. The van der Waals surface area contributed by atoms with Crippen molar-refractivity contribution < 1.29 is 8.83 Å². The summed E-state index contributed by atoms with van der Waals surface area (Å²) in [5.41, 5.74) is 12.1. The van der Waals surface area contributed by atoms with E-state index in [1.165, 1.54) is 5.39 Å². The normalized spacial score (nSPS) is 12.1. The van der Waals surface area contributed by atoms with Crippen LogP contribution in [0.2, 0.25) is 0 Å². The van der Waals surface area contributed by atoms with Gasteiger partial charge in [0.2, 0.25) is 5.69 Å². The average Bonchev–Trinajstić information content (AvgIpc) is 3.98. The van der Waals surface area contributed by atoms with E-state index in [1.54, 1.807) is 0 Å². The smallest absolute Gasteiger partial charge is 0.211 e. The minimum Gasteiger partial charge on any atom is -0.455 e. The summed E-state index contributed by atoms with van der Waals surface area (Å²) in [7, 11) is 0. The van der Waals surface area contributed by atoms with Crippen molar-refractivity contribution >= 4 is 93.2 Å². The Morgan fingerprint density at radius 2 is 1.02 bits per heavy atom. The molecular formula is C49H27N3O2. The molecule has 5 nitrogen and oxygen atoms in total. The lowest BCUT2D eigenvalue weighted by Crippen LogP contribution is -1.98. The van der Waals surface area contributed by atoms with E-state index in [0.29, 0.717) is 5.69 Å². The molecule has 5 heteroatoms. The molecule has 4 heterocycles. The van der Waals surface area contributed by atoms with Crippen LogP contribution in [0, 0.1) is 6.57 Å². The Bertz CT molecular complexity index is 3570. The number of benzene rings is 8. The second kappa shape index (κ2) is 10.7. The molecule has 0 radical (unpaired) electrons. The molecule has 0 spiro atoms. The summed E-state index contributed by atoms with van der Waals surface area (Å²) in [5.74, 6) is 0. The van der Waals surface area contributed by atoms with Crippen molar-refractivity contribution in [3.63, 3.8) is 0 Å². The summed E-state index contributed by atoms with van der Waals surface area (Å²) < 4.78 is 17.7.